The van der Waals surface area contributed by atoms with Gasteiger partial charge in [0.2, 0.25) is 0 Å². The predicted octanol–water partition coefficient (Wildman–Crippen LogP) is 5.31. The van der Waals surface area contributed by atoms with Gasteiger partial charge in [-0.2, -0.15) is 0 Å². The van der Waals surface area contributed by atoms with Crippen molar-refractivity contribution in [2.75, 3.05) is 0 Å². The van der Waals surface area contributed by atoms with E-state index in [0.717, 1.165) is 78.4 Å². The summed E-state index contributed by atoms with van der Waals surface area (Å²) in [6.45, 7) is 0. The lowest BCUT2D eigenvalue weighted by molar-refractivity contribution is 0.432. The monoisotopic (exact) mass is 462 g/mol. The van der Waals surface area contributed by atoms with Crippen LogP contribution in [0.15, 0.2) is 97.1 Å². The maximum atomic E-state index is 6.52. The molecule has 0 fully saturated rings. The Balaban J connectivity index is 1.55. The van der Waals surface area contributed by atoms with Gasteiger partial charge >= 0.3 is 14.2 Å². The van der Waals surface area contributed by atoms with Crippen molar-refractivity contribution in [2.24, 2.45) is 0 Å². The number of para-hydroxylation sites is 4. The Labute approximate surface area is 208 Å². The molecule has 0 aliphatic carbocycles. The summed E-state index contributed by atoms with van der Waals surface area (Å²) in [5.41, 5.74) is 10.9. The summed E-state index contributed by atoms with van der Waals surface area (Å²) in [4.78, 5) is 0. The maximum absolute atomic E-state index is 6.52. The summed E-state index contributed by atoms with van der Waals surface area (Å²) in [6.07, 6.45) is 0. The molecule has 0 atom stereocenters. The number of benzene rings is 5. The molecule has 4 aliphatic heterocycles. The van der Waals surface area contributed by atoms with Crippen molar-refractivity contribution < 1.29 is 18.6 Å². The highest BCUT2D eigenvalue weighted by Crippen LogP contribution is 2.52. The van der Waals surface area contributed by atoms with E-state index in [1.807, 2.05) is 48.5 Å². The van der Waals surface area contributed by atoms with Gasteiger partial charge in [-0.15, -0.1) is 0 Å². The molecule has 36 heavy (non-hydrogen) atoms. The summed E-state index contributed by atoms with van der Waals surface area (Å²) in [5, 5.41) is 0. The second-order valence-electron chi connectivity index (χ2n) is 9.45. The number of hydrogen-bond donors (Lipinski definition) is 0. The predicted molar refractivity (Wildman–Crippen MR) is 141 cm³/mol. The van der Waals surface area contributed by atoms with E-state index in [4.69, 9.17) is 18.6 Å². The van der Waals surface area contributed by atoms with Crippen molar-refractivity contribution in [1.82, 2.24) is 0 Å². The molecule has 0 bridgehead atoms. The molecule has 166 valence electrons. The normalized spacial score (nSPS) is 14.3. The molecule has 0 radical (unpaired) electrons. The molecular weight excluding hydrogens is 446 g/mol. The SMILES string of the molecule is c1ccc2c(c1)OB1Oc3ccccc3-c3c1c-2c1c2c3-c3ccccc3OB2Oc2ccccc2-1. The minimum Gasteiger partial charge on any atom is -0.521 e. The van der Waals surface area contributed by atoms with Gasteiger partial charge in [-0.3, -0.25) is 0 Å². The molecular formula is C30H16B2O4. The van der Waals surface area contributed by atoms with Crippen molar-refractivity contribution in [1.29, 1.82) is 0 Å². The van der Waals surface area contributed by atoms with Gasteiger partial charge in [-0.25, -0.2) is 0 Å². The molecule has 6 heteroatoms. The third-order valence-corrected chi connectivity index (χ3v) is 7.61. The minimum atomic E-state index is -0.551. The van der Waals surface area contributed by atoms with Gasteiger partial charge in [0.25, 0.3) is 0 Å². The van der Waals surface area contributed by atoms with Gasteiger partial charge in [0.05, 0.1) is 0 Å². The summed E-state index contributed by atoms with van der Waals surface area (Å²) < 4.78 is 26.1. The second-order valence-corrected chi connectivity index (χ2v) is 9.45. The average Bonchev–Trinajstić information content (AvgIpc) is 2.93. The first-order valence-corrected chi connectivity index (χ1v) is 12.1. The van der Waals surface area contributed by atoms with Crippen molar-refractivity contribution in [2.45, 2.75) is 0 Å². The fourth-order valence-electron chi connectivity index (χ4n) is 6.23. The van der Waals surface area contributed by atoms with E-state index in [9.17, 15) is 0 Å². The second kappa shape index (κ2) is 6.55. The zero-order valence-electron chi connectivity index (χ0n) is 19.0. The number of fused-ring (bicyclic) bond motifs is 10. The Morgan fingerprint density at radius 1 is 0.333 bits per heavy atom. The summed E-state index contributed by atoms with van der Waals surface area (Å²) in [6, 6.07) is 32.9. The van der Waals surface area contributed by atoms with Crippen LogP contribution in [0.5, 0.6) is 23.0 Å². The van der Waals surface area contributed by atoms with E-state index < -0.39 is 14.2 Å². The van der Waals surface area contributed by atoms with E-state index in [-0.39, 0.29) is 0 Å². The molecule has 0 saturated heterocycles. The van der Waals surface area contributed by atoms with Crippen molar-refractivity contribution in [3.05, 3.63) is 97.1 Å². The zero-order valence-corrected chi connectivity index (χ0v) is 19.0. The molecule has 4 heterocycles. The Morgan fingerprint density at radius 3 is 0.861 bits per heavy atom. The topological polar surface area (TPSA) is 36.9 Å². The van der Waals surface area contributed by atoms with Crippen molar-refractivity contribution in [3.8, 4) is 67.5 Å². The number of rotatable bonds is 0. The molecule has 0 N–H and O–H groups in total. The van der Waals surface area contributed by atoms with Gasteiger partial charge in [-0.05, 0) is 46.5 Å². The van der Waals surface area contributed by atoms with Crippen LogP contribution < -0.4 is 29.5 Å². The van der Waals surface area contributed by atoms with E-state index in [1.54, 1.807) is 0 Å². The maximum Gasteiger partial charge on any atom is 0.634 e. The van der Waals surface area contributed by atoms with Crippen LogP contribution in [0, 0.1) is 0 Å². The standard InChI is InChI=1S/C30H16B2O4/c1-5-13-21-17(9-1)25-26-18-10-2-6-14-22(18)35-32-30(26)28(20-12-4-8-16-24(20)36-32)27-19-11-3-7-15-23(19)34-31(33-21)29(25)27/h1-16H. The average molecular weight is 462 g/mol. The van der Waals surface area contributed by atoms with Crippen LogP contribution >= 0.6 is 0 Å². The molecule has 5 aromatic carbocycles. The fraction of sp³-hybridized carbons (Fsp3) is 0. The van der Waals surface area contributed by atoms with E-state index >= 15 is 0 Å². The van der Waals surface area contributed by atoms with Gasteiger partial charge in [0.1, 0.15) is 23.0 Å². The minimum absolute atomic E-state index is 0.551. The van der Waals surface area contributed by atoms with Crippen LogP contribution in [0.3, 0.4) is 0 Å². The summed E-state index contributed by atoms with van der Waals surface area (Å²) in [5.74, 6) is 3.26. The van der Waals surface area contributed by atoms with Crippen LogP contribution in [0.1, 0.15) is 0 Å². The molecule has 0 amide bonds. The molecule has 4 nitrogen and oxygen atoms in total. The fourth-order valence-corrected chi connectivity index (χ4v) is 6.23. The Morgan fingerprint density at radius 2 is 0.583 bits per heavy atom. The largest absolute Gasteiger partial charge is 0.634 e. The highest BCUT2D eigenvalue weighted by Gasteiger charge is 2.51. The highest BCUT2D eigenvalue weighted by molar-refractivity contribution is 6.73. The van der Waals surface area contributed by atoms with Gasteiger partial charge < -0.3 is 18.6 Å². The Hall–Kier alpha value is -4.57. The third-order valence-electron chi connectivity index (χ3n) is 7.61. The van der Waals surface area contributed by atoms with Gasteiger partial charge in [0.15, 0.2) is 0 Å². The number of hydrogen-bond acceptors (Lipinski definition) is 4. The van der Waals surface area contributed by atoms with Crippen molar-refractivity contribution >= 4 is 25.2 Å². The Kier molecular flexibility index (Phi) is 3.41. The van der Waals surface area contributed by atoms with Crippen molar-refractivity contribution in [3.63, 3.8) is 0 Å². The van der Waals surface area contributed by atoms with Gasteiger partial charge in [-0.1, -0.05) is 72.8 Å². The van der Waals surface area contributed by atoms with Crippen LogP contribution in [0.25, 0.3) is 44.5 Å². The lowest BCUT2D eigenvalue weighted by Crippen LogP contribution is -2.55. The lowest BCUT2D eigenvalue weighted by atomic mass is 9.56. The summed E-state index contributed by atoms with van der Waals surface area (Å²) >= 11 is 0. The van der Waals surface area contributed by atoms with Crippen LogP contribution in [0.2, 0.25) is 0 Å². The first-order chi connectivity index (χ1) is 17.9. The highest BCUT2D eigenvalue weighted by atomic mass is 16.6. The first-order valence-electron chi connectivity index (χ1n) is 12.1. The van der Waals surface area contributed by atoms with E-state index in [1.165, 1.54) is 0 Å². The van der Waals surface area contributed by atoms with Gasteiger partial charge in [0, 0.05) is 33.2 Å². The molecule has 9 rings (SSSR count). The molecule has 5 aromatic rings. The Bertz CT molecular complexity index is 1530. The van der Waals surface area contributed by atoms with Crippen LogP contribution in [-0.2, 0) is 0 Å². The quantitative estimate of drug-likeness (QED) is 0.293. The molecule has 0 spiro atoms. The molecule has 0 aromatic heterocycles. The van der Waals surface area contributed by atoms with Crippen LogP contribution in [-0.4, -0.2) is 14.2 Å². The zero-order chi connectivity index (χ0) is 23.4. The molecule has 4 aliphatic rings. The summed E-state index contributed by atoms with van der Waals surface area (Å²) in [7, 11) is -1.10. The lowest BCUT2D eigenvalue weighted by Gasteiger charge is -2.40. The molecule has 0 unspecified atom stereocenters. The van der Waals surface area contributed by atoms with Crippen LogP contribution in [0.4, 0.5) is 0 Å². The first kappa shape index (κ1) is 18.7. The van der Waals surface area contributed by atoms with E-state index in [2.05, 4.69) is 48.5 Å². The smallest absolute Gasteiger partial charge is 0.521 e. The third kappa shape index (κ3) is 2.22. The van der Waals surface area contributed by atoms with E-state index in [0.29, 0.717) is 0 Å². The molecule has 0 saturated carbocycles.